The zero-order chi connectivity index (χ0) is 17.0. The van der Waals surface area contributed by atoms with Gasteiger partial charge in [-0.15, -0.1) is 0 Å². The largest absolute Gasteiger partial charge is 0.483 e. The van der Waals surface area contributed by atoms with Crippen LogP contribution < -0.4 is 10.1 Å². The number of ether oxygens (including phenoxy) is 1. The maximum Gasteiger partial charge on any atom is 0.258 e. The van der Waals surface area contributed by atoms with Crippen LogP contribution in [0.5, 0.6) is 5.75 Å². The Balaban J connectivity index is 1.93. The summed E-state index contributed by atoms with van der Waals surface area (Å²) in [5, 5.41) is 3.52. The lowest BCUT2D eigenvalue weighted by atomic mass is 9.78. The van der Waals surface area contributed by atoms with E-state index in [2.05, 4.69) is 19.2 Å². The zero-order valence-electron chi connectivity index (χ0n) is 13.9. The van der Waals surface area contributed by atoms with Gasteiger partial charge in [-0.1, -0.05) is 38.3 Å². The van der Waals surface area contributed by atoms with E-state index < -0.39 is 0 Å². The Labute approximate surface area is 142 Å². The standard InChI is InChI=1S/C18H24ClNO3/c1-11-5-4-6-16(12(11)2)20-18(22)10-23-17-8-7-14(19)9-15(17)13(3)21/h7-9,11-12,16H,4-6,10H2,1-3H3,(H,20,22). The lowest BCUT2D eigenvalue weighted by molar-refractivity contribution is -0.124. The molecule has 3 unspecified atom stereocenters. The van der Waals surface area contributed by atoms with Crippen molar-refractivity contribution in [1.82, 2.24) is 5.32 Å². The first-order valence-electron chi connectivity index (χ1n) is 8.11. The van der Waals surface area contributed by atoms with Crippen LogP contribution in [-0.2, 0) is 4.79 Å². The minimum atomic E-state index is -0.152. The van der Waals surface area contributed by atoms with E-state index in [1.54, 1.807) is 18.2 Å². The van der Waals surface area contributed by atoms with E-state index in [4.69, 9.17) is 16.3 Å². The first-order chi connectivity index (χ1) is 10.9. The molecule has 0 saturated heterocycles. The van der Waals surface area contributed by atoms with Crippen LogP contribution in [0.4, 0.5) is 0 Å². The van der Waals surface area contributed by atoms with E-state index >= 15 is 0 Å². The Kier molecular flexibility index (Phi) is 6.05. The molecule has 0 heterocycles. The molecule has 23 heavy (non-hydrogen) atoms. The monoisotopic (exact) mass is 337 g/mol. The van der Waals surface area contributed by atoms with E-state index in [0.29, 0.717) is 28.2 Å². The Bertz CT molecular complexity index is 588. The van der Waals surface area contributed by atoms with Crippen molar-refractivity contribution in [2.45, 2.75) is 46.1 Å². The van der Waals surface area contributed by atoms with Crippen LogP contribution in [0.1, 0.15) is 50.4 Å². The molecule has 126 valence electrons. The van der Waals surface area contributed by atoms with Gasteiger partial charge in [0.05, 0.1) is 5.56 Å². The number of Topliss-reactive ketones (excluding diaryl/α,β-unsaturated/α-hetero) is 1. The Morgan fingerprint density at radius 1 is 1.30 bits per heavy atom. The van der Waals surface area contributed by atoms with Gasteiger partial charge in [-0.05, 0) is 43.4 Å². The lowest BCUT2D eigenvalue weighted by Gasteiger charge is -2.34. The van der Waals surface area contributed by atoms with Gasteiger partial charge in [0.15, 0.2) is 12.4 Å². The molecule has 0 spiro atoms. The number of hydrogen-bond donors (Lipinski definition) is 1. The molecule has 0 aromatic heterocycles. The molecule has 1 aliphatic carbocycles. The number of amides is 1. The topological polar surface area (TPSA) is 55.4 Å². The van der Waals surface area contributed by atoms with Crippen LogP contribution in [0.15, 0.2) is 18.2 Å². The fourth-order valence-electron chi connectivity index (χ4n) is 3.08. The summed E-state index contributed by atoms with van der Waals surface area (Å²) in [5.41, 5.74) is 0.393. The second kappa shape index (κ2) is 7.82. The third-order valence-corrected chi connectivity index (χ3v) is 4.97. The van der Waals surface area contributed by atoms with Crippen LogP contribution in [0.25, 0.3) is 0 Å². The molecular formula is C18H24ClNO3. The minimum absolute atomic E-state index is 0.0977. The molecule has 1 N–H and O–H groups in total. The fraction of sp³-hybridized carbons (Fsp3) is 0.556. The van der Waals surface area contributed by atoms with Gasteiger partial charge in [0.1, 0.15) is 5.75 Å². The molecular weight excluding hydrogens is 314 g/mol. The summed E-state index contributed by atoms with van der Waals surface area (Å²) in [6.07, 6.45) is 3.37. The zero-order valence-corrected chi connectivity index (χ0v) is 14.7. The molecule has 1 aromatic rings. The molecule has 0 aliphatic heterocycles. The van der Waals surface area contributed by atoms with Crippen molar-refractivity contribution >= 4 is 23.3 Å². The number of halogens is 1. The van der Waals surface area contributed by atoms with E-state index in [1.165, 1.54) is 13.3 Å². The van der Waals surface area contributed by atoms with Crippen molar-refractivity contribution in [3.8, 4) is 5.75 Å². The highest BCUT2D eigenvalue weighted by atomic mass is 35.5. The molecule has 4 nitrogen and oxygen atoms in total. The number of carbonyl (C=O) groups excluding carboxylic acids is 2. The summed E-state index contributed by atoms with van der Waals surface area (Å²) >= 11 is 5.90. The number of benzene rings is 1. The molecule has 2 rings (SSSR count). The Hall–Kier alpha value is -1.55. The van der Waals surface area contributed by atoms with Crippen LogP contribution in [0.3, 0.4) is 0 Å². The molecule has 1 fully saturated rings. The number of ketones is 1. The van der Waals surface area contributed by atoms with Gasteiger partial charge in [-0.25, -0.2) is 0 Å². The molecule has 0 bridgehead atoms. The van der Waals surface area contributed by atoms with Crippen molar-refractivity contribution in [2.24, 2.45) is 11.8 Å². The molecule has 1 amide bonds. The maximum atomic E-state index is 12.1. The first-order valence-corrected chi connectivity index (χ1v) is 8.49. The molecule has 1 saturated carbocycles. The van der Waals surface area contributed by atoms with E-state index in [1.807, 2.05) is 0 Å². The van der Waals surface area contributed by atoms with Crippen LogP contribution in [0, 0.1) is 11.8 Å². The minimum Gasteiger partial charge on any atom is -0.483 e. The van der Waals surface area contributed by atoms with Crippen molar-refractivity contribution in [3.63, 3.8) is 0 Å². The summed E-state index contributed by atoms with van der Waals surface area (Å²) in [6, 6.07) is 5.03. The summed E-state index contributed by atoms with van der Waals surface area (Å²) in [5.74, 6) is 1.19. The van der Waals surface area contributed by atoms with Crippen LogP contribution in [-0.4, -0.2) is 24.3 Å². The van der Waals surface area contributed by atoms with Crippen LogP contribution >= 0.6 is 11.6 Å². The highest BCUT2D eigenvalue weighted by molar-refractivity contribution is 6.31. The summed E-state index contributed by atoms with van der Waals surface area (Å²) in [6.45, 7) is 5.76. The van der Waals surface area contributed by atoms with Crippen molar-refractivity contribution in [1.29, 1.82) is 0 Å². The molecule has 5 heteroatoms. The third-order valence-electron chi connectivity index (χ3n) is 4.73. The third kappa shape index (κ3) is 4.71. The Morgan fingerprint density at radius 3 is 2.74 bits per heavy atom. The summed E-state index contributed by atoms with van der Waals surface area (Å²) in [7, 11) is 0. The van der Waals surface area contributed by atoms with Crippen molar-refractivity contribution in [3.05, 3.63) is 28.8 Å². The summed E-state index contributed by atoms with van der Waals surface area (Å²) < 4.78 is 5.53. The van der Waals surface area contributed by atoms with Gasteiger partial charge in [0.25, 0.3) is 5.91 Å². The second-order valence-corrected chi connectivity index (χ2v) is 6.86. The maximum absolute atomic E-state index is 12.1. The summed E-state index contributed by atoms with van der Waals surface area (Å²) in [4.78, 5) is 23.8. The number of rotatable bonds is 5. The van der Waals surface area contributed by atoms with Gasteiger partial charge in [-0.3, -0.25) is 9.59 Å². The number of carbonyl (C=O) groups is 2. The second-order valence-electron chi connectivity index (χ2n) is 6.43. The normalized spacial score (nSPS) is 24.1. The predicted octanol–water partition coefficient (Wildman–Crippen LogP) is 3.86. The van der Waals surface area contributed by atoms with Crippen LogP contribution in [0.2, 0.25) is 5.02 Å². The van der Waals surface area contributed by atoms with E-state index in [0.717, 1.165) is 12.8 Å². The average molecular weight is 338 g/mol. The molecule has 0 radical (unpaired) electrons. The quantitative estimate of drug-likeness (QED) is 0.830. The van der Waals surface area contributed by atoms with E-state index in [9.17, 15) is 9.59 Å². The van der Waals surface area contributed by atoms with Crippen molar-refractivity contribution in [2.75, 3.05) is 6.61 Å². The molecule has 3 atom stereocenters. The van der Waals surface area contributed by atoms with Crippen molar-refractivity contribution < 1.29 is 14.3 Å². The average Bonchev–Trinajstić information content (AvgIpc) is 2.50. The highest BCUT2D eigenvalue weighted by Gasteiger charge is 2.28. The van der Waals surface area contributed by atoms with Gasteiger partial charge < -0.3 is 10.1 Å². The molecule has 1 aromatic carbocycles. The lowest BCUT2D eigenvalue weighted by Crippen LogP contribution is -2.45. The van der Waals surface area contributed by atoms with E-state index in [-0.39, 0.29) is 24.3 Å². The Morgan fingerprint density at radius 2 is 2.04 bits per heavy atom. The van der Waals surface area contributed by atoms with Gasteiger partial charge in [0, 0.05) is 11.1 Å². The fourth-order valence-corrected chi connectivity index (χ4v) is 3.25. The van der Waals surface area contributed by atoms with Gasteiger partial charge in [0.2, 0.25) is 0 Å². The SMILES string of the molecule is CC(=O)c1cc(Cl)ccc1OCC(=O)NC1CCCC(C)C1C. The highest BCUT2D eigenvalue weighted by Crippen LogP contribution is 2.29. The number of hydrogen-bond acceptors (Lipinski definition) is 3. The predicted molar refractivity (Wildman–Crippen MR) is 91.1 cm³/mol. The van der Waals surface area contributed by atoms with Gasteiger partial charge in [-0.2, -0.15) is 0 Å². The number of nitrogens with one attached hydrogen (secondary N) is 1. The first kappa shape index (κ1) is 17.8. The van der Waals surface area contributed by atoms with Gasteiger partial charge >= 0.3 is 0 Å². The molecule has 1 aliphatic rings. The smallest absolute Gasteiger partial charge is 0.258 e.